The highest BCUT2D eigenvalue weighted by molar-refractivity contribution is 6.03. The summed E-state index contributed by atoms with van der Waals surface area (Å²) in [5.74, 6) is -0.411. The van der Waals surface area contributed by atoms with Crippen LogP contribution in [0, 0.1) is 0 Å². The van der Waals surface area contributed by atoms with Crippen molar-refractivity contribution >= 4 is 22.6 Å². The molecule has 1 fully saturated rings. The van der Waals surface area contributed by atoms with E-state index in [4.69, 9.17) is 5.73 Å². The lowest BCUT2D eigenvalue weighted by Gasteiger charge is -2.29. The minimum atomic E-state index is -0.411. The van der Waals surface area contributed by atoms with Crippen molar-refractivity contribution in [2.45, 2.75) is 19.3 Å². The number of pyridine rings is 1. The van der Waals surface area contributed by atoms with Gasteiger partial charge in [0, 0.05) is 47.7 Å². The predicted molar refractivity (Wildman–Crippen MR) is 96.1 cm³/mol. The Kier molecular flexibility index (Phi) is 3.69. The van der Waals surface area contributed by atoms with Gasteiger partial charge in [0.05, 0.1) is 0 Å². The van der Waals surface area contributed by atoms with Crippen molar-refractivity contribution in [3.63, 3.8) is 0 Å². The minimum absolute atomic E-state index is 0.411. The first-order chi connectivity index (χ1) is 11.7. The molecule has 1 amide bonds. The maximum atomic E-state index is 11.5. The molecule has 24 heavy (non-hydrogen) atoms. The third-order valence-corrected chi connectivity index (χ3v) is 4.71. The van der Waals surface area contributed by atoms with Crippen LogP contribution in [0.15, 0.2) is 42.7 Å². The average Bonchev–Trinajstić information content (AvgIpc) is 3.07. The molecule has 0 spiro atoms. The van der Waals surface area contributed by atoms with E-state index in [0.717, 1.165) is 35.2 Å². The first-order valence-corrected chi connectivity index (χ1v) is 8.35. The van der Waals surface area contributed by atoms with E-state index in [1.54, 1.807) is 6.07 Å². The molecule has 1 saturated heterocycles. The quantitative estimate of drug-likeness (QED) is 0.777. The molecule has 0 aliphatic carbocycles. The number of primary amides is 1. The molecule has 5 nitrogen and oxygen atoms in total. The van der Waals surface area contributed by atoms with Crippen LogP contribution in [0.1, 0.15) is 29.6 Å². The summed E-state index contributed by atoms with van der Waals surface area (Å²) >= 11 is 0. The van der Waals surface area contributed by atoms with Gasteiger partial charge >= 0.3 is 0 Å². The summed E-state index contributed by atoms with van der Waals surface area (Å²) in [5.41, 5.74) is 10.1. The Bertz CT molecular complexity index is 893. The van der Waals surface area contributed by atoms with Crippen LogP contribution < -0.4 is 10.6 Å². The number of anilines is 1. The van der Waals surface area contributed by atoms with Crippen molar-refractivity contribution in [1.29, 1.82) is 0 Å². The highest BCUT2D eigenvalue weighted by Gasteiger charge is 2.18. The van der Waals surface area contributed by atoms with Gasteiger partial charge in [0.15, 0.2) is 0 Å². The molecular weight excluding hydrogens is 300 g/mol. The molecule has 0 unspecified atom stereocenters. The van der Waals surface area contributed by atoms with Crippen LogP contribution in [0.25, 0.3) is 22.2 Å². The Morgan fingerprint density at radius 1 is 1.17 bits per heavy atom. The van der Waals surface area contributed by atoms with E-state index >= 15 is 0 Å². The topological polar surface area (TPSA) is 75.0 Å². The Hall–Kier alpha value is -2.82. The zero-order valence-electron chi connectivity index (χ0n) is 13.5. The van der Waals surface area contributed by atoms with Gasteiger partial charge in [0.2, 0.25) is 5.91 Å². The van der Waals surface area contributed by atoms with Gasteiger partial charge in [-0.2, -0.15) is 0 Å². The van der Waals surface area contributed by atoms with Gasteiger partial charge in [-0.1, -0.05) is 12.1 Å². The molecule has 3 aromatic rings. The van der Waals surface area contributed by atoms with E-state index in [1.807, 2.05) is 30.6 Å². The summed E-state index contributed by atoms with van der Waals surface area (Å²) in [7, 11) is 0. The molecule has 1 aliphatic rings. The summed E-state index contributed by atoms with van der Waals surface area (Å²) in [5, 5.41) is 1.11. The minimum Gasteiger partial charge on any atom is -0.371 e. The maximum absolute atomic E-state index is 11.5. The first-order valence-electron chi connectivity index (χ1n) is 8.35. The van der Waals surface area contributed by atoms with Crippen molar-refractivity contribution < 1.29 is 4.79 Å². The van der Waals surface area contributed by atoms with Crippen molar-refractivity contribution in [2.75, 3.05) is 18.0 Å². The highest BCUT2D eigenvalue weighted by atomic mass is 16.1. The van der Waals surface area contributed by atoms with Gasteiger partial charge in [0.1, 0.15) is 5.65 Å². The zero-order chi connectivity index (χ0) is 16.5. The smallest absolute Gasteiger partial charge is 0.248 e. The number of rotatable bonds is 3. The van der Waals surface area contributed by atoms with Crippen LogP contribution in [-0.2, 0) is 0 Å². The van der Waals surface area contributed by atoms with Gasteiger partial charge in [0.25, 0.3) is 0 Å². The summed E-state index contributed by atoms with van der Waals surface area (Å²) in [6, 6.07) is 9.54. The molecule has 3 heterocycles. The third-order valence-electron chi connectivity index (χ3n) is 4.71. The standard InChI is InChI=1S/C19H20N4O/c20-18(24)14-6-4-5-13(11-14)15-12-22-19-17(15)16(7-8-21-19)23-9-2-1-3-10-23/h4-8,11-12H,1-3,9-10H2,(H2,20,24)(H,21,22). The lowest BCUT2D eigenvalue weighted by Crippen LogP contribution is -2.29. The van der Waals surface area contributed by atoms with E-state index in [2.05, 4.69) is 20.9 Å². The number of hydrogen-bond acceptors (Lipinski definition) is 3. The molecule has 0 bridgehead atoms. The van der Waals surface area contributed by atoms with Crippen molar-refractivity contribution in [2.24, 2.45) is 5.73 Å². The van der Waals surface area contributed by atoms with Crippen molar-refractivity contribution in [3.05, 3.63) is 48.3 Å². The lowest BCUT2D eigenvalue weighted by molar-refractivity contribution is 0.100. The Morgan fingerprint density at radius 3 is 2.79 bits per heavy atom. The summed E-state index contributed by atoms with van der Waals surface area (Å²) in [4.78, 5) is 21.7. The van der Waals surface area contributed by atoms with Crippen LogP contribution in [-0.4, -0.2) is 29.0 Å². The molecule has 3 N–H and O–H groups in total. The van der Waals surface area contributed by atoms with E-state index in [0.29, 0.717) is 5.56 Å². The Morgan fingerprint density at radius 2 is 2.00 bits per heavy atom. The van der Waals surface area contributed by atoms with Gasteiger partial charge in [-0.3, -0.25) is 4.79 Å². The van der Waals surface area contributed by atoms with Gasteiger partial charge in [-0.05, 0) is 43.0 Å². The number of H-pyrrole nitrogens is 1. The van der Waals surface area contributed by atoms with Gasteiger partial charge < -0.3 is 15.6 Å². The molecule has 0 atom stereocenters. The average molecular weight is 320 g/mol. The number of nitrogens with zero attached hydrogens (tertiary/aromatic N) is 2. The Labute approximate surface area is 140 Å². The number of fused-ring (bicyclic) bond motifs is 1. The number of aromatic nitrogens is 2. The number of benzene rings is 1. The Balaban J connectivity index is 1.87. The number of nitrogens with one attached hydrogen (secondary N) is 1. The molecule has 0 saturated carbocycles. The van der Waals surface area contributed by atoms with Crippen LogP contribution in [0.4, 0.5) is 5.69 Å². The van der Waals surface area contributed by atoms with E-state index in [9.17, 15) is 4.79 Å². The summed E-state index contributed by atoms with van der Waals surface area (Å²) in [6.07, 6.45) is 7.56. The highest BCUT2D eigenvalue weighted by Crippen LogP contribution is 2.36. The number of amides is 1. The molecule has 4 rings (SSSR count). The van der Waals surface area contributed by atoms with Crippen LogP contribution in [0.3, 0.4) is 0 Å². The number of hydrogen-bond donors (Lipinski definition) is 2. The van der Waals surface area contributed by atoms with E-state index < -0.39 is 5.91 Å². The number of aromatic amines is 1. The van der Waals surface area contributed by atoms with Gasteiger partial charge in [-0.25, -0.2) is 4.98 Å². The summed E-state index contributed by atoms with van der Waals surface area (Å²) < 4.78 is 0. The number of piperidine rings is 1. The van der Waals surface area contributed by atoms with Gasteiger partial charge in [-0.15, -0.1) is 0 Å². The first kappa shape index (κ1) is 14.8. The molecule has 1 aromatic carbocycles. The fraction of sp³-hybridized carbons (Fsp3) is 0.263. The second kappa shape index (κ2) is 6.00. The molecule has 2 aromatic heterocycles. The largest absolute Gasteiger partial charge is 0.371 e. The van der Waals surface area contributed by atoms with Crippen LogP contribution in [0.5, 0.6) is 0 Å². The molecular formula is C19H20N4O. The maximum Gasteiger partial charge on any atom is 0.248 e. The van der Waals surface area contributed by atoms with Crippen LogP contribution >= 0.6 is 0 Å². The SMILES string of the molecule is NC(=O)c1cccc(-c2c[nH]c3nccc(N4CCCCC4)c23)c1. The number of nitrogens with two attached hydrogens (primary N) is 1. The fourth-order valence-corrected chi connectivity index (χ4v) is 3.51. The molecule has 5 heteroatoms. The second-order valence-corrected chi connectivity index (χ2v) is 6.25. The van der Waals surface area contributed by atoms with E-state index in [-0.39, 0.29) is 0 Å². The third kappa shape index (κ3) is 2.52. The van der Waals surface area contributed by atoms with Crippen molar-refractivity contribution in [3.8, 4) is 11.1 Å². The molecule has 122 valence electrons. The summed E-state index contributed by atoms with van der Waals surface area (Å²) in [6.45, 7) is 2.15. The fourth-order valence-electron chi connectivity index (χ4n) is 3.51. The molecule has 1 aliphatic heterocycles. The monoisotopic (exact) mass is 320 g/mol. The molecule has 0 radical (unpaired) electrons. The predicted octanol–water partition coefficient (Wildman–Crippen LogP) is 3.32. The van der Waals surface area contributed by atoms with Crippen LogP contribution in [0.2, 0.25) is 0 Å². The second-order valence-electron chi connectivity index (χ2n) is 6.25. The van der Waals surface area contributed by atoms with E-state index in [1.165, 1.54) is 24.9 Å². The number of carbonyl (C=O) groups excluding carboxylic acids is 1. The van der Waals surface area contributed by atoms with Crippen molar-refractivity contribution in [1.82, 2.24) is 9.97 Å². The zero-order valence-corrected chi connectivity index (χ0v) is 13.5. The lowest BCUT2D eigenvalue weighted by atomic mass is 10.0. The number of carbonyl (C=O) groups is 1. The normalized spacial score (nSPS) is 14.9.